The summed E-state index contributed by atoms with van der Waals surface area (Å²) in [6.45, 7) is 1.29. The van der Waals surface area contributed by atoms with Gasteiger partial charge in [-0.15, -0.1) is 11.3 Å². The minimum Gasteiger partial charge on any atom is -0.383 e. The summed E-state index contributed by atoms with van der Waals surface area (Å²) in [5.41, 5.74) is 7.52. The SMILES string of the molecule is COC[C@H]1C(=O)N(Cc2ccc3c(N)ncnc3c2)CCN1C(=O)Nc1cc(Cl)cs1. The van der Waals surface area contributed by atoms with Crippen molar-refractivity contribution in [2.45, 2.75) is 12.6 Å². The predicted octanol–water partition coefficient (Wildman–Crippen LogP) is 2.82. The van der Waals surface area contributed by atoms with Crippen molar-refractivity contribution in [2.24, 2.45) is 0 Å². The lowest BCUT2D eigenvalue weighted by Crippen LogP contribution is -2.60. The molecule has 0 spiro atoms. The number of nitrogens with zero attached hydrogens (tertiary/aromatic N) is 4. The minimum atomic E-state index is -0.715. The topological polar surface area (TPSA) is 114 Å². The van der Waals surface area contributed by atoms with E-state index in [1.807, 2.05) is 18.2 Å². The van der Waals surface area contributed by atoms with Crippen molar-refractivity contribution in [3.8, 4) is 0 Å². The Balaban J connectivity index is 1.49. The van der Waals surface area contributed by atoms with Crippen molar-refractivity contribution < 1.29 is 14.3 Å². The number of carbonyl (C=O) groups excluding carboxylic acids is 2. The maximum Gasteiger partial charge on any atom is 0.323 e. The van der Waals surface area contributed by atoms with Gasteiger partial charge in [-0.05, 0) is 23.8 Å². The first-order chi connectivity index (χ1) is 15.0. The molecular weight excluding hydrogens is 440 g/mol. The summed E-state index contributed by atoms with van der Waals surface area (Å²) in [5.74, 6) is 0.245. The molecule has 9 nitrogen and oxygen atoms in total. The summed E-state index contributed by atoms with van der Waals surface area (Å²) in [6.07, 6.45) is 1.42. The zero-order chi connectivity index (χ0) is 22.0. The highest BCUT2D eigenvalue weighted by Gasteiger charge is 2.37. The Kier molecular flexibility index (Phi) is 6.21. The quantitative estimate of drug-likeness (QED) is 0.605. The fourth-order valence-electron chi connectivity index (χ4n) is 3.56. The van der Waals surface area contributed by atoms with Crippen LogP contribution in [0, 0.1) is 0 Å². The van der Waals surface area contributed by atoms with Gasteiger partial charge in [0.25, 0.3) is 0 Å². The van der Waals surface area contributed by atoms with Crippen LogP contribution in [0.25, 0.3) is 10.9 Å². The lowest BCUT2D eigenvalue weighted by atomic mass is 10.1. The van der Waals surface area contributed by atoms with Crippen molar-refractivity contribution in [3.05, 3.63) is 46.6 Å². The van der Waals surface area contributed by atoms with Gasteiger partial charge in [0.15, 0.2) is 0 Å². The molecule has 4 rings (SSSR count). The number of carbonyl (C=O) groups is 2. The van der Waals surface area contributed by atoms with Crippen LogP contribution in [0.4, 0.5) is 15.6 Å². The third kappa shape index (κ3) is 4.55. The number of rotatable bonds is 5. The van der Waals surface area contributed by atoms with Crippen LogP contribution in [0.15, 0.2) is 36.0 Å². The number of benzene rings is 1. The Hall–Kier alpha value is -2.95. The molecule has 2 aromatic heterocycles. The first-order valence-corrected chi connectivity index (χ1v) is 10.8. The van der Waals surface area contributed by atoms with Gasteiger partial charge in [0, 0.05) is 37.5 Å². The molecule has 3 amide bonds. The fraction of sp³-hybridized carbons (Fsp3) is 0.300. The molecule has 1 saturated heterocycles. The van der Waals surface area contributed by atoms with Crippen molar-refractivity contribution >= 4 is 56.6 Å². The van der Waals surface area contributed by atoms with Gasteiger partial charge in [0.1, 0.15) is 18.2 Å². The summed E-state index contributed by atoms with van der Waals surface area (Å²) < 4.78 is 5.24. The van der Waals surface area contributed by atoms with Crippen molar-refractivity contribution in [3.63, 3.8) is 0 Å². The summed E-state index contributed by atoms with van der Waals surface area (Å²) in [6, 6.07) is 6.25. The number of amides is 3. The third-order valence-corrected chi connectivity index (χ3v) is 6.27. The van der Waals surface area contributed by atoms with E-state index >= 15 is 0 Å². The van der Waals surface area contributed by atoms with E-state index in [2.05, 4.69) is 15.3 Å². The minimum absolute atomic E-state index is 0.107. The highest BCUT2D eigenvalue weighted by atomic mass is 35.5. The van der Waals surface area contributed by atoms with Crippen LogP contribution in [0.5, 0.6) is 0 Å². The summed E-state index contributed by atoms with van der Waals surface area (Å²) >= 11 is 7.25. The second-order valence-electron chi connectivity index (χ2n) is 7.09. The standard InChI is InChI=1S/C20H21ClN6O3S/c1-30-9-16-19(28)26(4-5-27(16)20(29)25-17-7-13(21)10-31-17)8-12-2-3-14-15(6-12)23-11-24-18(14)22/h2-3,6-7,10-11,16H,4-5,8-9H2,1H3,(H,25,29)(H2,22,23,24)/t16-/m0/s1. The van der Waals surface area contributed by atoms with E-state index in [4.69, 9.17) is 22.1 Å². The summed E-state index contributed by atoms with van der Waals surface area (Å²) in [7, 11) is 1.51. The van der Waals surface area contributed by atoms with E-state index in [9.17, 15) is 9.59 Å². The zero-order valence-electron chi connectivity index (χ0n) is 16.7. The van der Waals surface area contributed by atoms with Crippen LogP contribution in [0.3, 0.4) is 0 Å². The molecule has 11 heteroatoms. The van der Waals surface area contributed by atoms with E-state index in [0.29, 0.717) is 35.5 Å². The molecule has 0 aliphatic carbocycles. The number of hydrogen-bond acceptors (Lipinski definition) is 7. The lowest BCUT2D eigenvalue weighted by molar-refractivity contribution is -0.142. The van der Waals surface area contributed by atoms with Crippen molar-refractivity contribution in [1.29, 1.82) is 0 Å². The number of nitrogens with one attached hydrogen (secondary N) is 1. The fourth-order valence-corrected chi connectivity index (χ4v) is 4.51. The normalized spacial score (nSPS) is 16.7. The second kappa shape index (κ2) is 9.04. The molecule has 31 heavy (non-hydrogen) atoms. The van der Waals surface area contributed by atoms with Crippen LogP contribution in [0.1, 0.15) is 5.56 Å². The van der Waals surface area contributed by atoms with Crippen LogP contribution in [-0.2, 0) is 16.1 Å². The molecule has 3 aromatic rings. The monoisotopic (exact) mass is 460 g/mol. The average molecular weight is 461 g/mol. The maximum atomic E-state index is 13.2. The van der Waals surface area contributed by atoms with Gasteiger partial charge in [-0.1, -0.05) is 17.7 Å². The Morgan fingerprint density at radius 1 is 1.35 bits per heavy atom. The van der Waals surface area contributed by atoms with Gasteiger partial charge in [-0.25, -0.2) is 14.8 Å². The molecule has 1 aliphatic heterocycles. The van der Waals surface area contributed by atoms with Gasteiger partial charge < -0.3 is 20.3 Å². The first kappa shape index (κ1) is 21.3. The number of hydrogen-bond donors (Lipinski definition) is 2. The number of piperazine rings is 1. The van der Waals surface area contributed by atoms with E-state index < -0.39 is 6.04 Å². The smallest absolute Gasteiger partial charge is 0.323 e. The summed E-state index contributed by atoms with van der Waals surface area (Å²) in [5, 5.41) is 6.48. The molecular formula is C20H21ClN6O3S. The van der Waals surface area contributed by atoms with Crippen LogP contribution < -0.4 is 11.1 Å². The van der Waals surface area contributed by atoms with Gasteiger partial charge in [-0.2, -0.15) is 0 Å². The average Bonchev–Trinajstić information content (AvgIpc) is 3.15. The molecule has 1 aliphatic rings. The van der Waals surface area contributed by atoms with Gasteiger partial charge in [-0.3, -0.25) is 10.1 Å². The molecule has 1 fully saturated rings. The number of fused-ring (bicyclic) bond motifs is 1. The molecule has 3 N–H and O–H groups in total. The highest BCUT2D eigenvalue weighted by molar-refractivity contribution is 7.14. The zero-order valence-corrected chi connectivity index (χ0v) is 18.3. The van der Waals surface area contributed by atoms with Crippen LogP contribution in [-0.4, -0.2) is 64.6 Å². The number of aromatic nitrogens is 2. The van der Waals surface area contributed by atoms with Gasteiger partial charge >= 0.3 is 6.03 Å². The third-order valence-electron chi connectivity index (χ3n) is 5.07. The number of ether oxygens (including phenoxy) is 1. The maximum absolute atomic E-state index is 13.2. The molecule has 0 radical (unpaired) electrons. The number of nitrogens with two attached hydrogens (primary N) is 1. The number of methoxy groups -OCH3 is 1. The molecule has 1 atom stereocenters. The van der Waals surface area contributed by atoms with Crippen molar-refractivity contribution in [2.75, 3.05) is 37.9 Å². The Morgan fingerprint density at radius 3 is 2.94 bits per heavy atom. The molecule has 0 bridgehead atoms. The van der Waals surface area contributed by atoms with E-state index in [0.717, 1.165) is 16.5 Å². The van der Waals surface area contributed by atoms with Crippen molar-refractivity contribution in [1.82, 2.24) is 19.8 Å². The lowest BCUT2D eigenvalue weighted by Gasteiger charge is -2.40. The first-order valence-electron chi connectivity index (χ1n) is 9.54. The molecule has 0 saturated carbocycles. The van der Waals surface area contributed by atoms with Gasteiger partial charge in [0.05, 0.1) is 22.1 Å². The number of thiophene rings is 1. The Labute approximate surface area is 187 Å². The number of anilines is 2. The number of urea groups is 1. The van der Waals surface area contributed by atoms with Crippen LogP contribution >= 0.6 is 22.9 Å². The highest BCUT2D eigenvalue weighted by Crippen LogP contribution is 2.25. The van der Waals surface area contributed by atoms with Gasteiger partial charge in [0.2, 0.25) is 5.91 Å². The number of nitrogen functional groups attached to an aromatic ring is 1. The van der Waals surface area contributed by atoms with E-state index in [1.54, 1.807) is 16.3 Å². The van der Waals surface area contributed by atoms with E-state index in [-0.39, 0.29) is 18.5 Å². The molecule has 0 unspecified atom stereocenters. The van der Waals surface area contributed by atoms with E-state index in [1.165, 1.54) is 29.7 Å². The largest absolute Gasteiger partial charge is 0.383 e. The predicted molar refractivity (Wildman–Crippen MR) is 120 cm³/mol. The summed E-state index contributed by atoms with van der Waals surface area (Å²) in [4.78, 5) is 37.4. The molecule has 3 heterocycles. The van der Waals surface area contributed by atoms with Crippen LogP contribution in [0.2, 0.25) is 5.02 Å². The Morgan fingerprint density at radius 2 is 2.19 bits per heavy atom. The number of halogens is 1. The Bertz CT molecular complexity index is 1120. The molecule has 1 aromatic carbocycles. The molecule has 162 valence electrons. The second-order valence-corrected chi connectivity index (χ2v) is 8.44.